The molecule has 31 heavy (non-hydrogen) atoms. The summed E-state index contributed by atoms with van der Waals surface area (Å²) in [5.41, 5.74) is 0. The van der Waals surface area contributed by atoms with E-state index in [-0.39, 0.29) is 25.8 Å². The molecule has 0 aromatic rings. The van der Waals surface area contributed by atoms with E-state index < -0.39 is 30.9 Å². The Morgan fingerprint density at radius 3 is 0.710 bits per heavy atom. The van der Waals surface area contributed by atoms with Gasteiger partial charge in [0.05, 0.1) is 30.9 Å². The molecule has 0 amide bonds. The number of carbonyl (C=O) groups excluding carboxylic acids is 3. The van der Waals surface area contributed by atoms with Crippen molar-refractivity contribution in [2.75, 3.05) is 0 Å². The topological polar surface area (TPSA) is 120 Å². The van der Waals surface area contributed by atoms with Gasteiger partial charge in [-0.05, 0) is 38.5 Å². The maximum Gasteiger partial charge on any atom is 3.00 e. The first kappa shape index (κ1) is 31.7. The number of aliphatic carboxylic acids is 3. The summed E-state index contributed by atoms with van der Waals surface area (Å²) in [6.07, 6.45) is 13.8. The normalized spacial score (nSPS) is 23.3. The van der Waals surface area contributed by atoms with Crippen molar-refractivity contribution >= 4 is 91.5 Å². The molecule has 0 aromatic heterocycles. The van der Waals surface area contributed by atoms with E-state index in [0.29, 0.717) is 0 Å². The standard InChI is InChI=1S/3C7H11BrO2.In/c3*8-7(6(9)10)4-2-1-3-5-7;/h3*1-5H2,(H,9,10);/q;;;+3/p-3. The molecule has 3 saturated carbocycles. The third kappa shape index (κ3) is 10.7. The maximum atomic E-state index is 10.5. The molecule has 0 unspecified atom stereocenters. The van der Waals surface area contributed by atoms with E-state index in [9.17, 15) is 29.7 Å². The number of halogens is 3. The van der Waals surface area contributed by atoms with Gasteiger partial charge >= 0.3 is 25.8 Å². The van der Waals surface area contributed by atoms with Crippen LogP contribution in [0.2, 0.25) is 0 Å². The molecule has 3 rings (SSSR count). The van der Waals surface area contributed by atoms with E-state index >= 15 is 0 Å². The van der Waals surface area contributed by atoms with Crippen molar-refractivity contribution in [3.8, 4) is 0 Å². The van der Waals surface area contributed by atoms with Crippen LogP contribution in [0, 0.1) is 0 Å². The molecule has 3 aliphatic carbocycles. The molecule has 3 fully saturated rings. The van der Waals surface area contributed by atoms with Crippen molar-refractivity contribution in [3.05, 3.63) is 0 Å². The van der Waals surface area contributed by atoms with Crippen LogP contribution in [0.5, 0.6) is 0 Å². The first-order valence-corrected chi connectivity index (χ1v) is 13.0. The zero-order valence-electron chi connectivity index (χ0n) is 17.8. The Bertz CT molecular complexity index is 503. The van der Waals surface area contributed by atoms with Gasteiger partial charge in [0.1, 0.15) is 0 Å². The first-order valence-electron chi connectivity index (χ1n) is 10.7. The van der Waals surface area contributed by atoms with E-state index in [1.165, 1.54) is 0 Å². The van der Waals surface area contributed by atoms with Crippen LogP contribution < -0.4 is 15.3 Å². The molecular formula is C21H30Br3InO6. The van der Waals surface area contributed by atoms with Gasteiger partial charge in [-0.25, -0.2) is 0 Å². The molecule has 0 saturated heterocycles. The first-order chi connectivity index (χ1) is 14.0. The van der Waals surface area contributed by atoms with Gasteiger partial charge in [-0.1, -0.05) is 106 Å². The van der Waals surface area contributed by atoms with Crippen LogP contribution in [0.25, 0.3) is 0 Å². The molecule has 174 valence electrons. The zero-order valence-corrected chi connectivity index (χ0v) is 25.8. The van der Waals surface area contributed by atoms with Gasteiger partial charge in [0.2, 0.25) is 0 Å². The zero-order chi connectivity index (χ0) is 22.8. The summed E-state index contributed by atoms with van der Waals surface area (Å²) < 4.78 is -2.11. The summed E-state index contributed by atoms with van der Waals surface area (Å²) in [5.74, 6) is -2.85. The molecule has 0 aromatic carbocycles. The molecule has 6 nitrogen and oxygen atoms in total. The van der Waals surface area contributed by atoms with Crippen molar-refractivity contribution in [2.45, 2.75) is 109 Å². The second-order valence-corrected chi connectivity index (χ2v) is 13.0. The summed E-state index contributed by atoms with van der Waals surface area (Å²) >= 11 is 9.59. The number of rotatable bonds is 3. The Labute approximate surface area is 228 Å². The molecular weight excluding hydrogens is 703 g/mol. The molecule has 3 aliphatic rings. The van der Waals surface area contributed by atoms with Gasteiger partial charge in [0.25, 0.3) is 0 Å². The van der Waals surface area contributed by atoms with Crippen molar-refractivity contribution in [3.63, 3.8) is 0 Å². The maximum absolute atomic E-state index is 10.5. The van der Waals surface area contributed by atoms with Gasteiger partial charge in [0, 0.05) is 0 Å². The number of hydrogen-bond acceptors (Lipinski definition) is 6. The predicted molar refractivity (Wildman–Crippen MR) is 125 cm³/mol. The minimum absolute atomic E-state index is 0. The summed E-state index contributed by atoms with van der Waals surface area (Å²) in [4.78, 5) is 31.6. The van der Waals surface area contributed by atoms with Crippen LogP contribution in [-0.4, -0.2) is 56.7 Å². The number of carbonyl (C=O) groups is 3. The number of carboxylic acids is 3. The number of hydrogen-bond donors (Lipinski definition) is 0. The van der Waals surface area contributed by atoms with Crippen LogP contribution in [-0.2, 0) is 14.4 Å². The molecule has 0 bridgehead atoms. The minimum atomic E-state index is -0.952. The van der Waals surface area contributed by atoms with Gasteiger partial charge in [-0.2, -0.15) is 0 Å². The molecule has 0 spiro atoms. The van der Waals surface area contributed by atoms with E-state index in [1.54, 1.807) is 0 Å². The SMILES string of the molecule is O=C([O-])C1(Br)CCCCC1.O=C([O-])C1(Br)CCCCC1.O=C([O-])C1(Br)CCCCC1.[In+3]. The Kier molecular flexibility index (Phi) is 15.2. The predicted octanol–water partition coefficient (Wildman–Crippen LogP) is 2.12. The van der Waals surface area contributed by atoms with Crippen molar-refractivity contribution in [1.82, 2.24) is 0 Å². The summed E-state index contributed by atoms with van der Waals surface area (Å²) in [6.45, 7) is 0. The third-order valence-electron chi connectivity index (χ3n) is 6.04. The van der Waals surface area contributed by atoms with Crippen LogP contribution >= 0.6 is 47.8 Å². The smallest absolute Gasteiger partial charge is 0.549 e. The average Bonchev–Trinajstić information content (AvgIpc) is 2.70. The summed E-state index contributed by atoms with van der Waals surface area (Å²) in [7, 11) is 0. The second kappa shape index (κ2) is 14.9. The van der Waals surface area contributed by atoms with E-state index in [1.807, 2.05) is 0 Å². The Balaban J connectivity index is 0.000000429. The fourth-order valence-electron chi connectivity index (χ4n) is 3.95. The van der Waals surface area contributed by atoms with Gasteiger partial charge in [-0.15, -0.1) is 0 Å². The third-order valence-corrected chi connectivity index (χ3v) is 9.39. The number of carboxylic acid groups (broad SMARTS) is 3. The van der Waals surface area contributed by atoms with E-state index in [0.717, 1.165) is 96.3 Å². The monoisotopic (exact) mass is 730 g/mol. The number of alkyl halides is 3. The van der Waals surface area contributed by atoms with Crippen molar-refractivity contribution in [2.24, 2.45) is 0 Å². The van der Waals surface area contributed by atoms with Gasteiger partial charge in [-0.3, -0.25) is 0 Å². The van der Waals surface area contributed by atoms with Crippen LogP contribution in [0.15, 0.2) is 0 Å². The fraction of sp³-hybridized carbons (Fsp3) is 0.857. The quantitative estimate of drug-likeness (QED) is 0.411. The van der Waals surface area contributed by atoms with Crippen LogP contribution in [0.3, 0.4) is 0 Å². The minimum Gasteiger partial charge on any atom is -0.549 e. The van der Waals surface area contributed by atoms with Crippen LogP contribution in [0.1, 0.15) is 96.3 Å². The van der Waals surface area contributed by atoms with Gasteiger partial charge < -0.3 is 29.7 Å². The second-order valence-electron chi connectivity index (χ2n) is 8.44. The van der Waals surface area contributed by atoms with Gasteiger partial charge in [0.15, 0.2) is 0 Å². The van der Waals surface area contributed by atoms with Crippen LogP contribution in [0.4, 0.5) is 0 Å². The van der Waals surface area contributed by atoms with E-state index in [2.05, 4.69) is 47.8 Å². The molecule has 10 heteroatoms. The Morgan fingerprint density at radius 1 is 0.452 bits per heavy atom. The van der Waals surface area contributed by atoms with E-state index in [4.69, 9.17) is 0 Å². The molecule has 0 heterocycles. The fourth-order valence-corrected chi connectivity index (χ4v) is 5.63. The van der Waals surface area contributed by atoms with Crippen molar-refractivity contribution < 1.29 is 29.7 Å². The Morgan fingerprint density at radius 2 is 0.613 bits per heavy atom. The average molecular weight is 733 g/mol. The Hall–Kier alpha value is 0.720. The largest absolute Gasteiger partial charge is 3.00 e. The molecule has 0 atom stereocenters. The van der Waals surface area contributed by atoms with Crippen molar-refractivity contribution in [1.29, 1.82) is 0 Å². The molecule has 0 radical (unpaired) electrons. The molecule has 0 N–H and O–H groups in total. The summed E-state index contributed by atoms with van der Waals surface area (Å²) in [5, 5.41) is 31.6. The molecule has 0 aliphatic heterocycles. The summed E-state index contributed by atoms with van der Waals surface area (Å²) in [6, 6.07) is 0.